The Morgan fingerprint density at radius 2 is 2.15 bits per heavy atom. The number of methoxy groups -OCH3 is 1. The minimum Gasteiger partial charge on any atom is -0.493 e. The SMILES string of the molecule is COc1cc(/C=C(\CCC(=O)O)c2nc3ccccc3s2)cc2c1OCO2. The molecular formula is C20H17NO5S. The molecule has 7 heteroatoms. The molecule has 1 aliphatic rings. The monoisotopic (exact) mass is 383 g/mol. The second-order valence-electron chi connectivity index (χ2n) is 6.01. The van der Waals surface area contributed by atoms with Crippen LogP contribution in [0.5, 0.6) is 17.2 Å². The fourth-order valence-electron chi connectivity index (χ4n) is 2.93. The molecule has 0 atom stereocenters. The third-order valence-electron chi connectivity index (χ3n) is 4.20. The molecule has 0 spiro atoms. The molecule has 0 amide bonds. The number of carboxylic acids is 1. The number of aliphatic carboxylic acids is 1. The predicted octanol–water partition coefficient (Wildman–Crippen LogP) is 4.44. The first-order valence-electron chi connectivity index (χ1n) is 8.40. The zero-order valence-electron chi connectivity index (χ0n) is 14.6. The topological polar surface area (TPSA) is 77.9 Å². The molecule has 138 valence electrons. The molecule has 0 unspecified atom stereocenters. The summed E-state index contributed by atoms with van der Waals surface area (Å²) in [5.74, 6) is 0.938. The van der Waals surface area contributed by atoms with Crippen LogP contribution in [-0.4, -0.2) is 30.0 Å². The lowest BCUT2D eigenvalue weighted by Gasteiger charge is -2.08. The lowest BCUT2D eigenvalue weighted by atomic mass is 10.1. The van der Waals surface area contributed by atoms with Crippen molar-refractivity contribution in [2.75, 3.05) is 13.9 Å². The highest BCUT2D eigenvalue weighted by molar-refractivity contribution is 7.19. The van der Waals surface area contributed by atoms with Crippen LogP contribution in [0.3, 0.4) is 0 Å². The molecule has 0 saturated heterocycles. The number of aromatic nitrogens is 1. The molecule has 4 rings (SSSR count). The molecule has 3 aromatic rings. The number of hydrogen-bond acceptors (Lipinski definition) is 6. The number of rotatable bonds is 6. The summed E-state index contributed by atoms with van der Waals surface area (Å²) in [7, 11) is 1.57. The number of fused-ring (bicyclic) bond motifs is 2. The van der Waals surface area contributed by atoms with Crippen LogP contribution in [0.1, 0.15) is 23.4 Å². The summed E-state index contributed by atoms with van der Waals surface area (Å²) in [4.78, 5) is 15.8. The Hall–Kier alpha value is -3.06. The van der Waals surface area contributed by atoms with Gasteiger partial charge in [0.25, 0.3) is 0 Å². The van der Waals surface area contributed by atoms with E-state index in [0.29, 0.717) is 23.7 Å². The van der Waals surface area contributed by atoms with E-state index in [2.05, 4.69) is 4.98 Å². The van der Waals surface area contributed by atoms with Crippen LogP contribution in [0.25, 0.3) is 21.9 Å². The maximum Gasteiger partial charge on any atom is 0.303 e. The van der Waals surface area contributed by atoms with E-state index in [1.54, 1.807) is 18.4 Å². The van der Waals surface area contributed by atoms with Crippen LogP contribution >= 0.6 is 11.3 Å². The van der Waals surface area contributed by atoms with Crippen molar-refractivity contribution in [2.24, 2.45) is 0 Å². The Labute approximate surface area is 159 Å². The molecule has 1 aromatic heterocycles. The first-order chi connectivity index (χ1) is 13.1. The quantitative estimate of drug-likeness (QED) is 0.678. The molecule has 2 aromatic carbocycles. The first kappa shape index (κ1) is 17.4. The van der Waals surface area contributed by atoms with Crippen molar-refractivity contribution >= 4 is 39.2 Å². The average Bonchev–Trinajstić information content (AvgIpc) is 3.30. The second kappa shape index (κ2) is 7.28. The van der Waals surface area contributed by atoms with Gasteiger partial charge in [-0.3, -0.25) is 4.79 Å². The third kappa shape index (κ3) is 3.59. The number of ether oxygens (including phenoxy) is 3. The number of carbonyl (C=O) groups is 1. The van der Waals surface area contributed by atoms with E-state index in [9.17, 15) is 4.79 Å². The second-order valence-corrected chi connectivity index (χ2v) is 7.04. The van der Waals surface area contributed by atoms with Crippen molar-refractivity contribution < 1.29 is 24.1 Å². The van der Waals surface area contributed by atoms with Gasteiger partial charge in [0.05, 0.1) is 17.3 Å². The molecule has 6 nitrogen and oxygen atoms in total. The molecule has 27 heavy (non-hydrogen) atoms. The number of hydrogen-bond donors (Lipinski definition) is 1. The number of benzene rings is 2. The van der Waals surface area contributed by atoms with Gasteiger partial charge in [0, 0.05) is 6.42 Å². The van der Waals surface area contributed by atoms with E-state index in [1.807, 2.05) is 42.5 Å². The summed E-state index contributed by atoms with van der Waals surface area (Å²) in [5, 5.41) is 9.94. The summed E-state index contributed by atoms with van der Waals surface area (Å²) < 4.78 is 17.4. The number of allylic oxidation sites excluding steroid dienone is 1. The Kier molecular flexibility index (Phi) is 4.68. The molecular weight excluding hydrogens is 366 g/mol. The van der Waals surface area contributed by atoms with E-state index in [4.69, 9.17) is 19.3 Å². The van der Waals surface area contributed by atoms with Crippen molar-refractivity contribution in [3.63, 3.8) is 0 Å². The smallest absolute Gasteiger partial charge is 0.303 e. The summed E-state index contributed by atoms with van der Waals surface area (Å²) in [6.07, 6.45) is 2.35. The molecule has 0 bridgehead atoms. The summed E-state index contributed by atoms with van der Waals surface area (Å²) in [5.41, 5.74) is 2.61. The van der Waals surface area contributed by atoms with Crippen LogP contribution in [0.4, 0.5) is 0 Å². The van der Waals surface area contributed by atoms with Crippen molar-refractivity contribution in [3.05, 3.63) is 47.0 Å². The minimum atomic E-state index is -0.842. The zero-order chi connectivity index (χ0) is 18.8. The van der Waals surface area contributed by atoms with E-state index >= 15 is 0 Å². The van der Waals surface area contributed by atoms with Crippen LogP contribution < -0.4 is 14.2 Å². The van der Waals surface area contributed by atoms with Crippen molar-refractivity contribution in [2.45, 2.75) is 12.8 Å². The maximum atomic E-state index is 11.1. The largest absolute Gasteiger partial charge is 0.493 e. The fraction of sp³-hybridized carbons (Fsp3) is 0.200. The predicted molar refractivity (Wildman–Crippen MR) is 103 cm³/mol. The van der Waals surface area contributed by atoms with Gasteiger partial charge in [-0.25, -0.2) is 4.98 Å². The highest BCUT2D eigenvalue weighted by atomic mass is 32.1. The van der Waals surface area contributed by atoms with Crippen molar-refractivity contribution in [1.29, 1.82) is 0 Å². The van der Waals surface area contributed by atoms with Crippen LogP contribution in [0, 0.1) is 0 Å². The summed E-state index contributed by atoms with van der Waals surface area (Å²) >= 11 is 1.55. The van der Waals surface area contributed by atoms with Gasteiger partial charge in [-0.1, -0.05) is 12.1 Å². The third-order valence-corrected chi connectivity index (χ3v) is 5.31. The summed E-state index contributed by atoms with van der Waals surface area (Å²) in [6, 6.07) is 11.6. The highest BCUT2D eigenvalue weighted by Crippen LogP contribution is 2.43. The zero-order valence-corrected chi connectivity index (χ0v) is 15.4. The molecule has 0 saturated carbocycles. The number of carboxylic acid groups (broad SMARTS) is 1. The van der Waals surface area contributed by atoms with E-state index < -0.39 is 5.97 Å². The van der Waals surface area contributed by atoms with Gasteiger partial charge in [-0.05, 0) is 47.9 Å². The Morgan fingerprint density at radius 3 is 2.93 bits per heavy atom. The van der Waals surface area contributed by atoms with E-state index in [0.717, 1.165) is 26.4 Å². The van der Waals surface area contributed by atoms with Gasteiger partial charge in [0.1, 0.15) is 5.01 Å². The molecule has 2 heterocycles. The van der Waals surface area contributed by atoms with Crippen LogP contribution in [-0.2, 0) is 4.79 Å². The van der Waals surface area contributed by atoms with Crippen LogP contribution in [0.15, 0.2) is 36.4 Å². The van der Waals surface area contributed by atoms with Gasteiger partial charge in [-0.2, -0.15) is 0 Å². The van der Waals surface area contributed by atoms with Gasteiger partial charge < -0.3 is 19.3 Å². The lowest BCUT2D eigenvalue weighted by Crippen LogP contribution is -1.95. The van der Waals surface area contributed by atoms with E-state index in [-0.39, 0.29) is 13.2 Å². The number of thiazole rings is 1. The maximum absolute atomic E-state index is 11.1. The van der Waals surface area contributed by atoms with Gasteiger partial charge in [0.15, 0.2) is 11.5 Å². The Balaban J connectivity index is 1.77. The highest BCUT2D eigenvalue weighted by Gasteiger charge is 2.20. The molecule has 0 radical (unpaired) electrons. The van der Waals surface area contributed by atoms with Crippen molar-refractivity contribution in [3.8, 4) is 17.2 Å². The molecule has 1 N–H and O–H groups in total. The Morgan fingerprint density at radius 1 is 1.30 bits per heavy atom. The fourth-order valence-corrected chi connectivity index (χ4v) is 3.94. The summed E-state index contributed by atoms with van der Waals surface area (Å²) in [6.45, 7) is 0.155. The van der Waals surface area contributed by atoms with Crippen molar-refractivity contribution in [1.82, 2.24) is 4.98 Å². The standard InChI is InChI=1S/C20H17NO5S/c1-24-15-9-12(10-16-19(15)26-11-25-16)8-13(6-7-18(22)23)20-21-14-4-2-3-5-17(14)27-20/h2-5,8-10H,6-7,11H2,1H3,(H,22,23)/b13-8+. The van der Waals surface area contributed by atoms with E-state index in [1.165, 1.54) is 0 Å². The minimum absolute atomic E-state index is 0.0312. The number of para-hydroxylation sites is 1. The molecule has 1 aliphatic heterocycles. The Bertz CT molecular complexity index is 1010. The normalized spacial score (nSPS) is 13.1. The molecule has 0 aliphatic carbocycles. The van der Waals surface area contributed by atoms with Gasteiger partial charge in [0.2, 0.25) is 12.5 Å². The number of nitrogens with zero attached hydrogens (tertiary/aromatic N) is 1. The van der Waals surface area contributed by atoms with Crippen LogP contribution in [0.2, 0.25) is 0 Å². The van der Waals surface area contributed by atoms with Gasteiger partial charge in [-0.15, -0.1) is 11.3 Å². The van der Waals surface area contributed by atoms with Gasteiger partial charge >= 0.3 is 5.97 Å². The lowest BCUT2D eigenvalue weighted by molar-refractivity contribution is -0.136. The molecule has 0 fully saturated rings. The average molecular weight is 383 g/mol. The first-order valence-corrected chi connectivity index (χ1v) is 9.21.